The van der Waals surface area contributed by atoms with Crippen LogP contribution in [0, 0.1) is 11.5 Å². The smallest absolute Gasteiger partial charge is 1.00 e. The van der Waals surface area contributed by atoms with E-state index in [1.807, 2.05) is 182 Å². The first-order valence-electron chi connectivity index (χ1n) is 18.1. The molecule has 6 heteroatoms. The van der Waals surface area contributed by atoms with Gasteiger partial charge in [-0.25, -0.2) is 5.57 Å². The van der Waals surface area contributed by atoms with E-state index in [1.54, 1.807) is 0 Å². The summed E-state index contributed by atoms with van der Waals surface area (Å²) in [6.45, 7) is 10.9. The van der Waals surface area contributed by atoms with Crippen molar-refractivity contribution < 1.29 is 53.9 Å². The topological polar surface area (TPSA) is 74.6 Å². The Labute approximate surface area is 353 Å². The van der Waals surface area contributed by atoms with Crippen LogP contribution < -0.4 is 12.4 Å². The van der Waals surface area contributed by atoms with Crippen LogP contribution in [0.25, 0.3) is 0 Å². The molecule has 1 aliphatic rings. The predicted molar refractivity (Wildman–Crippen MR) is 218 cm³/mol. The van der Waals surface area contributed by atoms with Gasteiger partial charge in [0.2, 0.25) is 0 Å². The van der Waals surface area contributed by atoms with E-state index in [9.17, 15) is 19.8 Å². The minimum Gasteiger partial charge on any atom is -1.00 e. The van der Waals surface area contributed by atoms with E-state index in [4.69, 9.17) is 0 Å². The maximum atomic E-state index is 12.4. The number of halogens is 1. The first kappa shape index (κ1) is 45.1. The third-order valence-corrected chi connectivity index (χ3v) is 10.4. The average molecular weight is 795 g/mol. The molecule has 0 aromatic heterocycles. The molecule has 0 spiro atoms. The van der Waals surface area contributed by atoms with Crippen molar-refractivity contribution in [2.24, 2.45) is 5.41 Å². The summed E-state index contributed by atoms with van der Waals surface area (Å²) >= 11 is 0. The largest absolute Gasteiger partial charge is 2.00 e. The summed E-state index contributed by atoms with van der Waals surface area (Å²) in [7, 11) is 0. The summed E-state index contributed by atoms with van der Waals surface area (Å²) in [4.78, 5) is 24.8. The molecule has 4 nitrogen and oxygen atoms in total. The Morgan fingerprint density at radius 2 is 0.643 bits per heavy atom. The normalized spacial score (nSPS) is 12.9. The van der Waals surface area contributed by atoms with Crippen LogP contribution in [0.15, 0.2) is 199 Å². The number of carbonyl (C=O) groups is 2. The third kappa shape index (κ3) is 9.23. The molecule has 2 N–H and O–H groups in total. The molecule has 1 aliphatic carbocycles. The fraction of sp³-hybridized carbons (Fsp3) is 0.160. The van der Waals surface area contributed by atoms with E-state index in [-0.39, 0.29) is 39.5 Å². The molecule has 0 fully saturated rings. The number of aliphatic carboxylic acids is 2. The quantitative estimate of drug-likeness (QED) is 0.0924. The SMILES string of the molecule is CC1=[C-]C(C)(C)C(C)=C1C.O=C(O)C(c1ccccc1)(c1ccccc1)c1ccccc1.O=C(O)C(c1ccccc1)(c1ccccc1)c1ccccc1.[Cl-].[Ti+2]. The van der Waals surface area contributed by atoms with E-state index < -0.39 is 22.8 Å². The monoisotopic (exact) mass is 794 g/mol. The Morgan fingerprint density at radius 3 is 0.750 bits per heavy atom. The second kappa shape index (κ2) is 20.1. The maximum absolute atomic E-state index is 12.4. The van der Waals surface area contributed by atoms with Gasteiger partial charge < -0.3 is 22.6 Å². The molecular formula is C50H47ClO4Ti. The maximum Gasteiger partial charge on any atom is 2.00 e. The first-order chi connectivity index (χ1) is 26.0. The van der Waals surface area contributed by atoms with Crippen molar-refractivity contribution >= 4 is 11.9 Å². The number of rotatable bonds is 8. The van der Waals surface area contributed by atoms with Crippen LogP contribution in [0.3, 0.4) is 0 Å². The summed E-state index contributed by atoms with van der Waals surface area (Å²) < 4.78 is 0. The van der Waals surface area contributed by atoms with Crippen molar-refractivity contribution in [3.63, 3.8) is 0 Å². The van der Waals surface area contributed by atoms with Crippen LogP contribution in [0.1, 0.15) is 68.0 Å². The third-order valence-electron chi connectivity index (χ3n) is 10.4. The zero-order chi connectivity index (χ0) is 38.8. The van der Waals surface area contributed by atoms with Gasteiger partial charge in [-0.05, 0) is 33.4 Å². The Morgan fingerprint density at radius 1 is 0.446 bits per heavy atom. The van der Waals surface area contributed by atoms with E-state index >= 15 is 0 Å². The average Bonchev–Trinajstić information content (AvgIpc) is 3.38. The molecule has 0 saturated carbocycles. The summed E-state index contributed by atoms with van der Waals surface area (Å²) in [6, 6.07) is 56.3. The zero-order valence-electron chi connectivity index (χ0n) is 32.4. The molecule has 0 amide bonds. The molecule has 6 aromatic rings. The number of carboxylic acid groups (broad SMARTS) is 2. The number of allylic oxidation sites excluding steroid dienone is 4. The molecule has 0 saturated heterocycles. The number of hydrogen-bond donors (Lipinski definition) is 2. The zero-order valence-corrected chi connectivity index (χ0v) is 34.7. The number of benzene rings is 6. The molecule has 0 radical (unpaired) electrons. The Kier molecular flexibility index (Phi) is 16.2. The fourth-order valence-corrected chi connectivity index (χ4v) is 7.28. The van der Waals surface area contributed by atoms with E-state index in [0.717, 1.165) is 33.4 Å². The van der Waals surface area contributed by atoms with Gasteiger partial charge >= 0.3 is 33.7 Å². The molecule has 56 heavy (non-hydrogen) atoms. The molecule has 6 aromatic carbocycles. The first-order valence-corrected chi connectivity index (χ1v) is 18.1. The van der Waals surface area contributed by atoms with Gasteiger partial charge in [0, 0.05) is 0 Å². The summed E-state index contributed by atoms with van der Waals surface area (Å²) in [5.74, 6) is -1.76. The second-order valence-corrected chi connectivity index (χ2v) is 13.9. The van der Waals surface area contributed by atoms with Crippen molar-refractivity contribution in [2.75, 3.05) is 0 Å². The summed E-state index contributed by atoms with van der Waals surface area (Å²) in [5.41, 5.74) is 6.48. The van der Waals surface area contributed by atoms with Crippen LogP contribution in [0.5, 0.6) is 0 Å². The van der Waals surface area contributed by atoms with Crippen LogP contribution in [0.2, 0.25) is 0 Å². The Bertz CT molecular complexity index is 1870. The second-order valence-electron chi connectivity index (χ2n) is 13.9. The van der Waals surface area contributed by atoms with Crippen LogP contribution in [0.4, 0.5) is 0 Å². The van der Waals surface area contributed by atoms with Crippen molar-refractivity contribution in [2.45, 2.75) is 45.4 Å². The minimum absolute atomic E-state index is 0. The summed E-state index contributed by atoms with van der Waals surface area (Å²) in [5, 5.41) is 20.4. The van der Waals surface area contributed by atoms with Gasteiger partial charge in [0.25, 0.3) is 0 Å². The van der Waals surface area contributed by atoms with Gasteiger partial charge in [0.05, 0.1) is 0 Å². The van der Waals surface area contributed by atoms with Gasteiger partial charge in [0.15, 0.2) is 0 Å². The van der Waals surface area contributed by atoms with Gasteiger partial charge in [-0.3, -0.25) is 15.7 Å². The van der Waals surface area contributed by atoms with Gasteiger partial charge in [0.1, 0.15) is 10.8 Å². The fourth-order valence-electron chi connectivity index (χ4n) is 7.28. The minimum atomic E-state index is -1.20. The van der Waals surface area contributed by atoms with Crippen molar-refractivity contribution in [1.29, 1.82) is 0 Å². The van der Waals surface area contributed by atoms with Crippen molar-refractivity contribution in [3.05, 3.63) is 238 Å². The van der Waals surface area contributed by atoms with E-state index in [0.29, 0.717) is 0 Å². The molecular weight excluding hydrogens is 748 g/mol. The molecule has 0 unspecified atom stereocenters. The van der Waals surface area contributed by atoms with Crippen LogP contribution in [-0.2, 0) is 42.1 Å². The molecule has 282 valence electrons. The Balaban J connectivity index is 0.000000236. The van der Waals surface area contributed by atoms with Gasteiger partial charge in [-0.2, -0.15) is 11.1 Å². The van der Waals surface area contributed by atoms with Crippen LogP contribution >= 0.6 is 0 Å². The Hall–Kier alpha value is -5.26. The van der Waals surface area contributed by atoms with Gasteiger partial charge in [-0.15, -0.1) is 6.92 Å². The predicted octanol–water partition coefficient (Wildman–Crippen LogP) is 8.32. The van der Waals surface area contributed by atoms with Crippen LogP contribution in [-0.4, -0.2) is 22.2 Å². The molecule has 0 heterocycles. The molecule has 0 aliphatic heterocycles. The molecule has 0 atom stereocenters. The number of carboxylic acids is 2. The van der Waals surface area contributed by atoms with Gasteiger partial charge in [-0.1, -0.05) is 215 Å². The molecule has 7 rings (SSSR count). The number of hydrogen-bond acceptors (Lipinski definition) is 2. The standard InChI is InChI=1S/2C20H16O2.C10H15.ClH.Ti/c2*21-19(22)20(16-10-4-1-5-11-16,17-12-6-2-7-13-17)18-14-8-3-9-15-18;1-7-6-10(4,5)9(3)8(7)2;;/h2*1-15H,(H,21,22);1-5H3;1H;/q;;-1;;+2/p-1. The van der Waals surface area contributed by atoms with Crippen molar-refractivity contribution in [3.8, 4) is 0 Å². The van der Waals surface area contributed by atoms with Crippen molar-refractivity contribution in [1.82, 2.24) is 0 Å². The molecule has 0 bridgehead atoms. The summed E-state index contributed by atoms with van der Waals surface area (Å²) in [6.07, 6.45) is 3.44. The van der Waals surface area contributed by atoms with E-state index in [2.05, 4.69) is 40.7 Å². The van der Waals surface area contributed by atoms with E-state index in [1.165, 1.54) is 16.7 Å².